The summed E-state index contributed by atoms with van der Waals surface area (Å²) < 4.78 is 18.6. The summed E-state index contributed by atoms with van der Waals surface area (Å²) in [5.41, 5.74) is 1.14. The standard InChI is InChI=1S/C26H25FN2O4/c1-16(2)24(30)23(26(32)29-20-8-10-21(33-3)11-9-20)22(17-12-14-28-15-13-17)25(31)18-4-6-19(27)7-5-18/h4-16,22-23H,1-3H3,(H,29,32). The minimum atomic E-state index is -1.30. The van der Waals surface area contributed by atoms with Gasteiger partial charge in [-0.3, -0.25) is 19.4 Å². The molecule has 0 bridgehead atoms. The van der Waals surface area contributed by atoms with E-state index in [1.54, 1.807) is 50.2 Å². The van der Waals surface area contributed by atoms with Crippen LogP contribution in [0.5, 0.6) is 5.75 Å². The smallest absolute Gasteiger partial charge is 0.236 e. The molecule has 1 aromatic heterocycles. The first-order valence-electron chi connectivity index (χ1n) is 10.5. The van der Waals surface area contributed by atoms with Gasteiger partial charge in [-0.25, -0.2) is 4.39 Å². The topological polar surface area (TPSA) is 85.4 Å². The van der Waals surface area contributed by atoms with E-state index in [0.717, 1.165) is 0 Å². The number of benzene rings is 2. The number of rotatable bonds is 9. The molecule has 0 aliphatic heterocycles. The van der Waals surface area contributed by atoms with Gasteiger partial charge in [-0.15, -0.1) is 0 Å². The largest absolute Gasteiger partial charge is 0.497 e. The molecule has 0 fully saturated rings. The van der Waals surface area contributed by atoms with Gasteiger partial charge in [0.15, 0.2) is 5.78 Å². The van der Waals surface area contributed by atoms with Gasteiger partial charge in [0.25, 0.3) is 0 Å². The number of carbonyl (C=O) groups excluding carboxylic acids is 3. The number of amides is 1. The average molecular weight is 448 g/mol. The summed E-state index contributed by atoms with van der Waals surface area (Å²) in [7, 11) is 1.53. The normalized spacial score (nSPS) is 12.6. The first-order chi connectivity index (χ1) is 15.8. The van der Waals surface area contributed by atoms with E-state index in [1.807, 2.05) is 0 Å². The minimum absolute atomic E-state index is 0.206. The molecule has 0 saturated heterocycles. The van der Waals surface area contributed by atoms with E-state index < -0.39 is 35.3 Å². The molecule has 1 amide bonds. The number of hydrogen-bond acceptors (Lipinski definition) is 5. The van der Waals surface area contributed by atoms with Crippen molar-refractivity contribution in [2.45, 2.75) is 19.8 Å². The van der Waals surface area contributed by atoms with Crippen molar-refractivity contribution in [1.29, 1.82) is 0 Å². The fourth-order valence-corrected chi connectivity index (χ4v) is 3.56. The van der Waals surface area contributed by atoms with E-state index in [1.165, 1.54) is 43.8 Å². The average Bonchev–Trinajstić information content (AvgIpc) is 2.83. The second-order valence-corrected chi connectivity index (χ2v) is 7.88. The van der Waals surface area contributed by atoms with Crippen LogP contribution in [0.25, 0.3) is 0 Å². The summed E-state index contributed by atoms with van der Waals surface area (Å²) in [6, 6.07) is 14.9. The van der Waals surface area contributed by atoms with E-state index in [-0.39, 0.29) is 11.3 Å². The lowest BCUT2D eigenvalue weighted by Crippen LogP contribution is -2.40. The summed E-state index contributed by atoms with van der Waals surface area (Å²) in [4.78, 5) is 44.3. The van der Waals surface area contributed by atoms with E-state index in [4.69, 9.17) is 4.74 Å². The Bertz CT molecular complexity index is 1110. The van der Waals surface area contributed by atoms with Crippen molar-refractivity contribution < 1.29 is 23.5 Å². The van der Waals surface area contributed by atoms with Crippen LogP contribution in [0.3, 0.4) is 0 Å². The van der Waals surface area contributed by atoms with Crippen molar-refractivity contribution >= 4 is 23.2 Å². The molecule has 0 aliphatic carbocycles. The maximum Gasteiger partial charge on any atom is 0.236 e. The lowest BCUT2D eigenvalue weighted by atomic mass is 9.76. The van der Waals surface area contributed by atoms with Crippen molar-refractivity contribution in [3.63, 3.8) is 0 Å². The van der Waals surface area contributed by atoms with Crippen molar-refractivity contribution in [3.8, 4) is 5.75 Å². The molecule has 170 valence electrons. The fraction of sp³-hybridized carbons (Fsp3) is 0.231. The van der Waals surface area contributed by atoms with Gasteiger partial charge in [-0.1, -0.05) is 13.8 Å². The third-order valence-electron chi connectivity index (χ3n) is 5.33. The van der Waals surface area contributed by atoms with Gasteiger partial charge in [0.2, 0.25) is 5.91 Å². The summed E-state index contributed by atoms with van der Waals surface area (Å²) in [6.07, 6.45) is 3.00. The van der Waals surface area contributed by atoms with Gasteiger partial charge in [0.05, 0.1) is 13.0 Å². The van der Waals surface area contributed by atoms with Gasteiger partial charge in [0, 0.05) is 29.6 Å². The van der Waals surface area contributed by atoms with Gasteiger partial charge < -0.3 is 10.1 Å². The lowest BCUT2D eigenvalue weighted by Gasteiger charge is -2.26. The lowest BCUT2D eigenvalue weighted by molar-refractivity contribution is -0.133. The van der Waals surface area contributed by atoms with Crippen LogP contribution >= 0.6 is 0 Å². The number of halogens is 1. The fourth-order valence-electron chi connectivity index (χ4n) is 3.56. The van der Waals surface area contributed by atoms with Crippen LogP contribution in [-0.4, -0.2) is 29.6 Å². The third kappa shape index (κ3) is 5.68. The maximum atomic E-state index is 13.6. The summed E-state index contributed by atoms with van der Waals surface area (Å²) in [6.45, 7) is 3.37. The van der Waals surface area contributed by atoms with E-state index >= 15 is 0 Å². The van der Waals surface area contributed by atoms with Crippen molar-refractivity contribution in [3.05, 3.63) is 90.0 Å². The Morgan fingerprint density at radius 3 is 2.06 bits per heavy atom. The molecule has 3 aromatic rings. The number of nitrogens with zero attached hydrogens (tertiary/aromatic N) is 1. The Hall–Kier alpha value is -3.87. The minimum Gasteiger partial charge on any atom is -0.497 e. The number of anilines is 1. The molecule has 3 rings (SSSR count). The number of methoxy groups -OCH3 is 1. The van der Waals surface area contributed by atoms with Crippen LogP contribution in [-0.2, 0) is 9.59 Å². The molecule has 0 spiro atoms. The molecule has 1 heterocycles. The van der Waals surface area contributed by atoms with Crippen LogP contribution in [0, 0.1) is 17.7 Å². The summed E-state index contributed by atoms with van der Waals surface area (Å²) in [5, 5.41) is 2.75. The highest BCUT2D eigenvalue weighted by atomic mass is 19.1. The Morgan fingerprint density at radius 2 is 1.52 bits per heavy atom. The number of pyridine rings is 1. The summed E-state index contributed by atoms with van der Waals surface area (Å²) >= 11 is 0. The van der Waals surface area contributed by atoms with E-state index in [0.29, 0.717) is 17.0 Å². The maximum absolute atomic E-state index is 13.6. The highest BCUT2D eigenvalue weighted by molar-refractivity contribution is 6.14. The van der Waals surface area contributed by atoms with Gasteiger partial charge in [-0.05, 0) is 66.2 Å². The monoisotopic (exact) mass is 448 g/mol. The zero-order valence-corrected chi connectivity index (χ0v) is 18.6. The number of Topliss-reactive ketones (excluding diaryl/α,β-unsaturated/α-hetero) is 2. The molecule has 7 heteroatoms. The molecular formula is C26H25FN2O4. The molecule has 6 nitrogen and oxygen atoms in total. The van der Waals surface area contributed by atoms with Gasteiger partial charge in [0.1, 0.15) is 23.3 Å². The Labute approximate surface area is 191 Å². The predicted octanol–water partition coefficient (Wildman–Crippen LogP) is 4.68. The molecular weight excluding hydrogens is 423 g/mol. The number of nitrogens with one attached hydrogen (secondary N) is 1. The van der Waals surface area contributed by atoms with Crippen LogP contribution in [0.1, 0.15) is 35.7 Å². The molecule has 1 N–H and O–H groups in total. The number of carbonyl (C=O) groups is 3. The molecule has 33 heavy (non-hydrogen) atoms. The Balaban J connectivity index is 2.05. The zero-order valence-electron chi connectivity index (χ0n) is 18.6. The molecule has 0 aliphatic rings. The van der Waals surface area contributed by atoms with Crippen LogP contribution in [0.15, 0.2) is 73.1 Å². The number of ketones is 2. The van der Waals surface area contributed by atoms with Crippen molar-refractivity contribution in [1.82, 2.24) is 4.98 Å². The van der Waals surface area contributed by atoms with Gasteiger partial charge >= 0.3 is 0 Å². The van der Waals surface area contributed by atoms with Gasteiger partial charge in [-0.2, -0.15) is 0 Å². The Kier molecular flexibility index (Phi) is 7.66. The van der Waals surface area contributed by atoms with E-state index in [9.17, 15) is 18.8 Å². The number of aromatic nitrogens is 1. The number of ether oxygens (including phenoxy) is 1. The quantitative estimate of drug-likeness (QED) is 0.380. The summed E-state index contributed by atoms with van der Waals surface area (Å²) in [5.74, 6) is -4.21. The highest BCUT2D eigenvalue weighted by Crippen LogP contribution is 2.32. The molecule has 0 radical (unpaired) electrons. The predicted molar refractivity (Wildman–Crippen MR) is 123 cm³/mol. The van der Waals surface area contributed by atoms with Crippen molar-refractivity contribution in [2.75, 3.05) is 12.4 Å². The third-order valence-corrected chi connectivity index (χ3v) is 5.33. The Morgan fingerprint density at radius 1 is 0.909 bits per heavy atom. The molecule has 2 unspecified atom stereocenters. The van der Waals surface area contributed by atoms with E-state index in [2.05, 4.69) is 10.3 Å². The molecule has 2 aromatic carbocycles. The first kappa shape index (κ1) is 23.8. The first-order valence-corrected chi connectivity index (χ1v) is 10.5. The van der Waals surface area contributed by atoms with Crippen LogP contribution in [0.4, 0.5) is 10.1 Å². The highest BCUT2D eigenvalue weighted by Gasteiger charge is 2.41. The molecule has 0 saturated carbocycles. The second-order valence-electron chi connectivity index (χ2n) is 7.88. The van der Waals surface area contributed by atoms with Crippen LogP contribution < -0.4 is 10.1 Å². The SMILES string of the molecule is COc1ccc(NC(=O)C(C(=O)C(C)C)C(C(=O)c2ccc(F)cc2)c2ccncc2)cc1. The molecule has 2 atom stereocenters. The zero-order chi connectivity index (χ0) is 24.0. The van der Waals surface area contributed by atoms with Crippen molar-refractivity contribution in [2.24, 2.45) is 11.8 Å². The van der Waals surface area contributed by atoms with Crippen LogP contribution in [0.2, 0.25) is 0 Å². The second kappa shape index (κ2) is 10.6. The number of hydrogen-bond donors (Lipinski definition) is 1.